The van der Waals surface area contributed by atoms with E-state index >= 15 is 0 Å². The highest BCUT2D eigenvalue weighted by Gasteiger charge is 2.13. The zero-order valence-corrected chi connectivity index (χ0v) is 13.9. The molecule has 1 heterocycles. The molecule has 0 radical (unpaired) electrons. The van der Waals surface area contributed by atoms with Crippen LogP contribution in [0, 0.1) is 0 Å². The lowest BCUT2D eigenvalue weighted by Gasteiger charge is -2.25. The van der Waals surface area contributed by atoms with Crippen molar-refractivity contribution in [1.29, 1.82) is 0 Å². The van der Waals surface area contributed by atoms with Crippen molar-refractivity contribution >= 4 is 18.2 Å². The third-order valence-corrected chi connectivity index (χ3v) is 4.09. The van der Waals surface area contributed by atoms with Crippen molar-refractivity contribution < 1.29 is 9.53 Å². The molecule has 0 aromatic heterocycles. The van der Waals surface area contributed by atoms with Crippen molar-refractivity contribution in [1.82, 2.24) is 4.90 Å². The Balaban J connectivity index is 0.00000220. The summed E-state index contributed by atoms with van der Waals surface area (Å²) in [6, 6.07) is 5.78. The van der Waals surface area contributed by atoms with Gasteiger partial charge in [0.05, 0.1) is 7.11 Å². The molecule has 1 aliphatic rings. The number of hydrogen-bond donors (Lipinski definition) is 0. The van der Waals surface area contributed by atoms with Gasteiger partial charge >= 0.3 is 0 Å². The maximum absolute atomic E-state index is 12.3. The molecule has 1 aromatic rings. The van der Waals surface area contributed by atoms with Crippen LogP contribution >= 0.6 is 12.4 Å². The number of ketones is 1. The molecule has 0 N–H and O–H groups in total. The molecule has 118 valence electrons. The zero-order chi connectivity index (χ0) is 14.4. The van der Waals surface area contributed by atoms with Gasteiger partial charge in [0.2, 0.25) is 0 Å². The molecule has 1 aromatic carbocycles. The fourth-order valence-corrected chi connectivity index (χ4v) is 2.82. The molecule has 1 saturated heterocycles. The van der Waals surface area contributed by atoms with Crippen molar-refractivity contribution in [2.45, 2.75) is 39.0 Å². The largest absolute Gasteiger partial charge is 0.496 e. The Morgan fingerprint density at radius 2 is 1.95 bits per heavy atom. The van der Waals surface area contributed by atoms with E-state index in [1.165, 1.54) is 19.3 Å². The minimum Gasteiger partial charge on any atom is -0.496 e. The summed E-state index contributed by atoms with van der Waals surface area (Å²) in [5.41, 5.74) is 1.93. The van der Waals surface area contributed by atoms with E-state index in [9.17, 15) is 4.79 Å². The second kappa shape index (κ2) is 9.06. The van der Waals surface area contributed by atoms with Gasteiger partial charge in [0, 0.05) is 18.5 Å². The third kappa shape index (κ3) is 5.01. The average Bonchev–Trinajstić information content (AvgIpc) is 2.52. The first-order chi connectivity index (χ1) is 9.74. The molecule has 0 bridgehead atoms. The van der Waals surface area contributed by atoms with Crippen LogP contribution < -0.4 is 4.74 Å². The predicted molar refractivity (Wildman–Crippen MR) is 88.9 cm³/mol. The standard InChI is InChI=1S/C17H25NO2.ClH/c1-3-14-13-15(7-8-17(14)20-2)16(19)9-12-18-10-5-4-6-11-18;/h7-8,13H,3-6,9-12H2,1-2H3;1H. The first-order valence-corrected chi connectivity index (χ1v) is 7.67. The predicted octanol–water partition coefficient (Wildman–Crippen LogP) is 3.74. The van der Waals surface area contributed by atoms with Crippen LogP contribution in [0.25, 0.3) is 0 Å². The maximum Gasteiger partial charge on any atom is 0.164 e. The molecule has 1 aliphatic heterocycles. The average molecular weight is 312 g/mol. The van der Waals surface area contributed by atoms with E-state index in [-0.39, 0.29) is 18.2 Å². The fraction of sp³-hybridized carbons (Fsp3) is 0.588. The highest BCUT2D eigenvalue weighted by atomic mass is 35.5. The number of rotatable bonds is 6. The number of ether oxygens (including phenoxy) is 1. The fourth-order valence-electron chi connectivity index (χ4n) is 2.82. The van der Waals surface area contributed by atoms with Gasteiger partial charge in [0.1, 0.15) is 5.75 Å². The van der Waals surface area contributed by atoms with Crippen LogP contribution in [0.2, 0.25) is 0 Å². The summed E-state index contributed by atoms with van der Waals surface area (Å²) in [4.78, 5) is 14.7. The summed E-state index contributed by atoms with van der Waals surface area (Å²) in [6.45, 7) is 5.28. The normalized spacial score (nSPS) is 15.3. The molecule has 0 spiro atoms. The third-order valence-electron chi connectivity index (χ3n) is 4.09. The molecule has 3 nitrogen and oxygen atoms in total. The number of aryl methyl sites for hydroxylation is 1. The molecule has 1 fully saturated rings. The molecular formula is C17H26ClNO2. The second-order valence-electron chi connectivity index (χ2n) is 5.46. The molecule has 0 amide bonds. The van der Waals surface area contributed by atoms with Gasteiger partial charge in [-0.25, -0.2) is 0 Å². The van der Waals surface area contributed by atoms with Crippen LogP contribution in [-0.4, -0.2) is 37.4 Å². The number of methoxy groups -OCH3 is 1. The maximum atomic E-state index is 12.3. The number of benzene rings is 1. The second-order valence-corrected chi connectivity index (χ2v) is 5.46. The van der Waals surface area contributed by atoms with Crippen LogP contribution in [0.1, 0.15) is 48.5 Å². The lowest BCUT2D eigenvalue weighted by Crippen LogP contribution is -2.31. The molecule has 0 unspecified atom stereocenters. The molecule has 0 saturated carbocycles. The Hall–Kier alpha value is -1.06. The monoisotopic (exact) mass is 311 g/mol. The summed E-state index contributed by atoms with van der Waals surface area (Å²) in [5, 5.41) is 0. The Kier molecular flexibility index (Phi) is 7.76. The summed E-state index contributed by atoms with van der Waals surface area (Å²) in [7, 11) is 1.67. The van der Waals surface area contributed by atoms with Crippen molar-refractivity contribution in [2.75, 3.05) is 26.7 Å². The van der Waals surface area contributed by atoms with E-state index in [1.54, 1.807) is 7.11 Å². The highest BCUT2D eigenvalue weighted by Crippen LogP contribution is 2.21. The lowest BCUT2D eigenvalue weighted by atomic mass is 10.0. The van der Waals surface area contributed by atoms with Gasteiger partial charge in [0.15, 0.2) is 5.78 Å². The highest BCUT2D eigenvalue weighted by molar-refractivity contribution is 5.96. The Morgan fingerprint density at radius 3 is 2.57 bits per heavy atom. The van der Waals surface area contributed by atoms with Gasteiger partial charge in [-0.05, 0) is 56.1 Å². The quantitative estimate of drug-likeness (QED) is 0.750. The Labute approximate surface area is 134 Å². The van der Waals surface area contributed by atoms with E-state index in [4.69, 9.17) is 4.74 Å². The van der Waals surface area contributed by atoms with Crippen LogP contribution in [0.15, 0.2) is 18.2 Å². The molecule has 0 aliphatic carbocycles. The minimum atomic E-state index is 0. The molecular weight excluding hydrogens is 286 g/mol. The number of carbonyl (C=O) groups excluding carboxylic acids is 1. The number of nitrogens with zero attached hydrogens (tertiary/aromatic N) is 1. The van der Waals surface area contributed by atoms with E-state index in [1.807, 2.05) is 18.2 Å². The van der Waals surface area contributed by atoms with Crippen LogP contribution in [-0.2, 0) is 6.42 Å². The first-order valence-electron chi connectivity index (χ1n) is 7.67. The molecule has 4 heteroatoms. The Morgan fingerprint density at radius 1 is 1.24 bits per heavy atom. The van der Waals surface area contributed by atoms with Crippen LogP contribution in [0.4, 0.5) is 0 Å². The van der Waals surface area contributed by atoms with Crippen molar-refractivity contribution in [2.24, 2.45) is 0 Å². The summed E-state index contributed by atoms with van der Waals surface area (Å²) < 4.78 is 5.31. The minimum absolute atomic E-state index is 0. The summed E-state index contributed by atoms with van der Waals surface area (Å²) in [6.07, 6.45) is 5.39. The first kappa shape index (κ1) is 18.0. The van der Waals surface area contributed by atoms with E-state index in [0.717, 1.165) is 42.9 Å². The lowest BCUT2D eigenvalue weighted by molar-refractivity contribution is 0.0958. The van der Waals surface area contributed by atoms with Crippen LogP contribution in [0.3, 0.4) is 0 Å². The number of piperidine rings is 1. The van der Waals surface area contributed by atoms with E-state index in [2.05, 4.69) is 11.8 Å². The molecule has 21 heavy (non-hydrogen) atoms. The smallest absolute Gasteiger partial charge is 0.164 e. The van der Waals surface area contributed by atoms with E-state index in [0.29, 0.717) is 6.42 Å². The van der Waals surface area contributed by atoms with E-state index < -0.39 is 0 Å². The van der Waals surface area contributed by atoms with Gasteiger partial charge in [-0.3, -0.25) is 4.79 Å². The topological polar surface area (TPSA) is 29.5 Å². The molecule has 0 atom stereocenters. The van der Waals surface area contributed by atoms with Gasteiger partial charge in [-0.1, -0.05) is 13.3 Å². The van der Waals surface area contributed by atoms with Crippen molar-refractivity contribution in [3.05, 3.63) is 29.3 Å². The SMILES string of the molecule is CCc1cc(C(=O)CCN2CCCCC2)ccc1OC.Cl. The van der Waals surface area contributed by atoms with Crippen molar-refractivity contribution in [3.8, 4) is 5.75 Å². The number of carbonyl (C=O) groups is 1. The number of halogens is 1. The molecule has 2 rings (SSSR count). The number of likely N-dealkylation sites (tertiary alicyclic amines) is 1. The summed E-state index contributed by atoms with van der Waals surface area (Å²) >= 11 is 0. The van der Waals surface area contributed by atoms with Crippen molar-refractivity contribution in [3.63, 3.8) is 0 Å². The Bertz CT molecular complexity index is 456. The van der Waals surface area contributed by atoms with Gasteiger partial charge < -0.3 is 9.64 Å². The number of hydrogen-bond acceptors (Lipinski definition) is 3. The van der Waals surface area contributed by atoms with Crippen LogP contribution in [0.5, 0.6) is 5.75 Å². The summed E-state index contributed by atoms with van der Waals surface area (Å²) in [5.74, 6) is 1.12. The zero-order valence-electron chi connectivity index (χ0n) is 13.1. The van der Waals surface area contributed by atoms with Gasteiger partial charge in [-0.2, -0.15) is 0 Å². The number of Topliss-reactive ketones (excluding diaryl/α,β-unsaturated/α-hetero) is 1. The van der Waals surface area contributed by atoms with Gasteiger partial charge in [-0.15, -0.1) is 12.4 Å². The van der Waals surface area contributed by atoms with Gasteiger partial charge in [0.25, 0.3) is 0 Å².